The monoisotopic (exact) mass is 164 g/mol. The molecule has 1 aliphatic heterocycles. The Morgan fingerprint density at radius 2 is 2.18 bits per heavy atom. The third-order valence-electron chi connectivity index (χ3n) is 1.71. The number of alkyl halides is 2. The minimum atomic E-state index is -2.88. The van der Waals surface area contributed by atoms with E-state index in [0.717, 1.165) is 12.8 Å². The van der Waals surface area contributed by atoms with Crippen LogP contribution in [0.5, 0.6) is 0 Å². The molecule has 0 bridgehead atoms. The minimum absolute atomic E-state index is 0.434. The molecule has 1 unspecified atom stereocenters. The lowest BCUT2D eigenvalue weighted by Gasteiger charge is -2.20. The van der Waals surface area contributed by atoms with E-state index in [0.29, 0.717) is 13.0 Å². The van der Waals surface area contributed by atoms with Crippen LogP contribution in [0.3, 0.4) is 0 Å². The second kappa shape index (κ2) is 3.76. The highest BCUT2D eigenvalue weighted by Crippen LogP contribution is 2.15. The van der Waals surface area contributed by atoms with Crippen molar-refractivity contribution in [1.29, 1.82) is 0 Å². The lowest BCUT2D eigenvalue weighted by Crippen LogP contribution is -2.32. The number of ketones is 1. The van der Waals surface area contributed by atoms with Gasteiger partial charge in [0.15, 0.2) is 0 Å². The van der Waals surface area contributed by atoms with Gasteiger partial charge in [0.05, 0.1) is 0 Å². The number of carbonyl (C=O) groups excluding carboxylic acids is 1. The number of rotatable bonds is 2. The van der Waals surface area contributed by atoms with Crippen LogP contribution in [0.2, 0.25) is 0 Å². The molecule has 0 saturated carbocycles. The molecule has 1 fully saturated rings. The molecule has 1 heterocycles. The van der Waals surface area contributed by atoms with Gasteiger partial charge in [0, 0.05) is 6.61 Å². The van der Waals surface area contributed by atoms with Crippen molar-refractivity contribution in [1.82, 2.24) is 0 Å². The van der Waals surface area contributed by atoms with Crippen LogP contribution in [-0.2, 0) is 9.53 Å². The maximum atomic E-state index is 11.8. The quantitative estimate of drug-likeness (QED) is 0.616. The maximum Gasteiger partial charge on any atom is 0.298 e. The fourth-order valence-corrected chi connectivity index (χ4v) is 1.11. The van der Waals surface area contributed by atoms with Crippen molar-refractivity contribution in [2.45, 2.75) is 31.8 Å². The summed E-state index contributed by atoms with van der Waals surface area (Å²) in [6.07, 6.45) is -1.60. The second-order valence-corrected chi connectivity index (χ2v) is 2.56. The van der Waals surface area contributed by atoms with Crippen LogP contribution in [0, 0.1) is 0 Å². The molecular formula is C7H10F2O2. The van der Waals surface area contributed by atoms with Crippen LogP contribution < -0.4 is 0 Å². The van der Waals surface area contributed by atoms with Gasteiger partial charge < -0.3 is 4.74 Å². The molecule has 4 heteroatoms. The van der Waals surface area contributed by atoms with Gasteiger partial charge in [0.25, 0.3) is 6.43 Å². The number of halogens is 2. The van der Waals surface area contributed by atoms with Gasteiger partial charge >= 0.3 is 0 Å². The molecule has 1 rings (SSSR count). The molecule has 0 N–H and O–H groups in total. The van der Waals surface area contributed by atoms with E-state index in [1.54, 1.807) is 0 Å². The molecule has 1 atom stereocenters. The summed E-state index contributed by atoms with van der Waals surface area (Å²) in [5.74, 6) is -1.07. The van der Waals surface area contributed by atoms with Crippen LogP contribution in [0.25, 0.3) is 0 Å². The van der Waals surface area contributed by atoms with E-state index < -0.39 is 18.3 Å². The molecule has 0 aliphatic carbocycles. The Kier molecular flexibility index (Phi) is 2.93. The molecule has 0 amide bonds. The van der Waals surface area contributed by atoms with E-state index in [1.165, 1.54) is 0 Å². The summed E-state index contributed by atoms with van der Waals surface area (Å²) >= 11 is 0. The molecule has 2 nitrogen and oxygen atoms in total. The third-order valence-corrected chi connectivity index (χ3v) is 1.71. The second-order valence-electron chi connectivity index (χ2n) is 2.56. The van der Waals surface area contributed by atoms with Crippen molar-refractivity contribution in [3.63, 3.8) is 0 Å². The lowest BCUT2D eigenvalue weighted by atomic mass is 10.1. The maximum absolute atomic E-state index is 11.8. The summed E-state index contributed by atoms with van der Waals surface area (Å²) in [6, 6.07) is 0. The fraction of sp³-hybridized carbons (Fsp3) is 0.857. The van der Waals surface area contributed by atoms with Crippen molar-refractivity contribution in [3.8, 4) is 0 Å². The molecule has 0 aromatic rings. The average molecular weight is 164 g/mol. The molecule has 0 radical (unpaired) electrons. The lowest BCUT2D eigenvalue weighted by molar-refractivity contribution is -0.144. The molecule has 1 aliphatic rings. The van der Waals surface area contributed by atoms with E-state index in [-0.39, 0.29) is 0 Å². The summed E-state index contributed by atoms with van der Waals surface area (Å²) in [5, 5.41) is 0. The van der Waals surface area contributed by atoms with Crippen molar-refractivity contribution >= 4 is 5.78 Å². The molecule has 64 valence electrons. The molecule has 11 heavy (non-hydrogen) atoms. The van der Waals surface area contributed by atoms with Crippen LogP contribution in [0.1, 0.15) is 19.3 Å². The summed E-state index contributed by atoms with van der Waals surface area (Å²) in [4.78, 5) is 10.6. The topological polar surface area (TPSA) is 26.3 Å². The van der Waals surface area contributed by atoms with Gasteiger partial charge in [-0.3, -0.25) is 4.79 Å². The first-order chi connectivity index (χ1) is 5.22. The van der Waals surface area contributed by atoms with Gasteiger partial charge in [-0.15, -0.1) is 0 Å². The van der Waals surface area contributed by atoms with Crippen LogP contribution in [0.15, 0.2) is 0 Å². The minimum Gasteiger partial charge on any atom is -0.370 e. The zero-order chi connectivity index (χ0) is 8.27. The van der Waals surface area contributed by atoms with Crippen LogP contribution in [0.4, 0.5) is 8.78 Å². The average Bonchev–Trinajstić information content (AvgIpc) is 2.05. The van der Waals surface area contributed by atoms with E-state index in [1.807, 2.05) is 0 Å². The first-order valence-corrected chi connectivity index (χ1v) is 3.65. The Labute approximate surface area is 63.5 Å². The largest absolute Gasteiger partial charge is 0.370 e. The smallest absolute Gasteiger partial charge is 0.298 e. The highest BCUT2D eigenvalue weighted by atomic mass is 19.3. The fourth-order valence-electron chi connectivity index (χ4n) is 1.11. The van der Waals surface area contributed by atoms with Crippen molar-refractivity contribution in [2.75, 3.05) is 6.61 Å². The Morgan fingerprint density at radius 1 is 1.45 bits per heavy atom. The zero-order valence-corrected chi connectivity index (χ0v) is 6.06. The third kappa shape index (κ3) is 2.22. The van der Waals surface area contributed by atoms with Crippen molar-refractivity contribution in [3.05, 3.63) is 0 Å². The van der Waals surface area contributed by atoms with Crippen LogP contribution >= 0.6 is 0 Å². The van der Waals surface area contributed by atoms with Crippen molar-refractivity contribution in [2.24, 2.45) is 0 Å². The standard InChI is InChI=1S/C7H10F2O2/c8-7(9)6(10)5-3-1-2-4-11-5/h5,7H,1-4H2. The van der Waals surface area contributed by atoms with E-state index in [4.69, 9.17) is 4.74 Å². The first kappa shape index (κ1) is 8.59. The number of ether oxygens (including phenoxy) is 1. The summed E-state index contributed by atoms with van der Waals surface area (Å²) in [5.41, 5.74) is 0. The zero-order valence-electron chi connectivity index (χ0n) is 6.06. The molecule has 0 spiro atoms. The van der Waals surface area contributed by atoms with E-state index >= 15 is 0 Å². The molecule has 0 aromatic carbocycles. The van der Waals surface area contributed by atoms with Gasteiger partial charge in [-0.05, 0) is 19.3 Å². The molecule has 1 saturated heterocycles. The number of hydrogen-bond donors (Lipinski definition) is 0. The van der Waals surface area contributed by atoms with Crippen LogP contribution in [-0.4, -0.2) is 24.9 Å². The van der Waals surface area contributed by atoms with E-state index in [9.17, 15) is 13.6 Å². The summed E-state index contributed by atoms with van der Waals surface area (Å²) in [6.45, 7) is 0.434. The Hall–Kier alpha value is -0.510. The molecule has 0 aromatic heterocycles. The highest BCUT2D eigenvalue weighted by Gasteiger charge is 2.28. The highest BCUT2D eigenvalue weighted by molar-refractivity contribution is 5.86. The van der Waals surface area contributed by atoms with Gasteiger partial charge in [-0.25, -0.2) is 8.78 Å². The number of carbonyl (C=O) groups is 1. The first-order valence-electron chi connectivity index (χ1n) is 3.65. The normalized spacial score (nSPS) is 25.5. The number of Topliss-reactive ketones (excluding diaryl/α,β-unsaturated/α-hetero) is 1. The Morgan fingerprint density at radius 3 is 2.64 bits per heavy atom. The predicted molar refractivity (Wildman–Crippen MR) is 34.6 cm³/mol. The Balaban J connectivity index is 2.39. The summed E-state index contributed by atoms with van der Waals surface area (Å²) in [7, 11) is 0. The number of hydrogen-bond acceptors (Lipinski definition) is 2. The van der Waals surface area contributed by atoms with Gasteiger partial charge in [-0.2, -0.15) is 0 Å². The summed E-state index contributed by atoms with van der Waals surface area (Å²) < 4.78 is 28.4. The SMILES string of the molecule is O=C(C(F)F)C1CCCCO1. The van der Waals surface area contributed by atoms with Gasteiger partial charge in [0.1, 0.15) is 6.10 Å². The van der Waals surface area contributed by atoms with Gasteiger partial charge in [0.2, 0.25) is 5.78 Å². The Bertz CT molecular complexity index is 141. The van der Waals surface area contributed by atoms with E-state index in [2.05, 4.69) is 0 Å². The molecular weight excluding hydrogens is 154 g/mol. The van der Waals surface area contributed by atoms with Gasteiger partial charge in [-0.1, -0.05) is 0 Å². The predicted octanol–water partition coefficient (Wildman–Crippen LogP) is 1.39. The van der Waals surface area contributed by atoms with Crippen molar-refractivity contribution < 1.29 is 18.3 Å².